The lowest BCUT2D eigenvalue weighted by atomic mass is 9.95. The SMILES string of the molecule is CCC(C)(NC)C1CN1. The highest BCUT2D eigenvalue weighted by molar-refractivity contribution is 5.03. The minimum absolute atomic E-state index is 0.333. The van der Waals surface area contributed by atoms with Gasteiger partial charge in [0, 0.05) is 18.1 Å². The molecule has 0 bridgehead atoms. The molecule has 0 aromatic carbocycles. The first-order valence-corrected chi connectivity index (χ1v) is 3.65. The number of likely N-dealkylation sites (N-methyl/N-ethyl adjacent to an activating group) is 1. The average Bonchev–Trinajstić information content (AvgIpc) is 2.68. The number of hydrogen-bond acceptors (Lipinski definition) is 2. The minimum Gasteiger partial charge on any atom is -0.313 e. The van der Waals surface area contributed by atoms with E-state index in [-0.39, 0.29) is 0 Å². The van der Waals surface area contributed by atoms with Crippen LogP contribution in [0.2, 0.25) is 0 Å². The van der Waals surface area contributed by atoms with Gasteiger partial charge in [0.15, 0.2) is 0 Å². The summed E-state index contributed by atoms with van der Waals surface area (Å²) < 4.78 is 0. The Kier molecular flexibility index (Phi) is 1.78. The molecule has 9 heavy (non-hydrogen) atoms. The van der Waals surface area contributed by atoms with Gasteiger partial charge in [-0.2, -0.15) is 0 Å². The van der Waals surface area contributed by atoms with Crippen LogP contribution in [0.3, 0.4) is 0 Å². The van der Waals surface area contributed by atoms with Crippen LogP contribution in [-0.2, 0) is 0 Å². The third-order valence-corrected chi connectivity index (χ3v) is 2.48. The largest absolute Gasteiger partial charge is 0.313 e. The topological polar surface area (TPSA) is 34.0 Å². The molecule has 2 unspecified atom stereocenters. The molecule has 2 nitrogen and oxygen atoms in total. The van der Waals surface area contributed by atoms with Crippen molar-refractivity contribution < 1.29 is 0 Å². The van der Waals surface area contributed by atoms with Gasteiger partial charge in [0.05, 0.1) is 0 Å². The highest BCUT2D eigenvalue weighted by Crippen LogP contribution is 2.19. The first-order chi connectivity index (χ1) is 4.23. The smallest absolute Gasteiger partial charge is 0.0373 e. The molecule has 0 radical (unpaired) electrons. The molecule has 1 aliphatic rings. The van der Waals surface area contributed by atoms with Crippen molar-refractivity contribution in [3.63, 3.8) is 0 Å². The van der Waals surface area contributed by atoms with E-state index in [1.165, 1.54) is 13.0 Å². The van der Waals surface area contributed by atoms with Gasteiger partial charge in [0.1, 0.15) is 0 Å². The van der Waals surface area contributed by atoms with Gasteiger partial charge in [-0.1, -0.05) is 6.92 Å². The van der Waals surface area contributed by atoms with E-state index in [0.717, 1.165) is 0 Å². The fraction of sp³-hybridized carbons (Fsp3) is 1.00. The maximum absolute atomic E-state index is 3.33. The van der Waals surface area contributed by atoms with Crippen molar-refractivity contribution >= 4 is 0 Å². The summed E-state index contributed by atoms with van der Waals surface area (Å²) in [6, 6.07) is 0.715. The zero-order chi connectivity index (χ0) is 6.91. The lowest BCUT2D eigenvalue weighted by Gasteiger charge is -2.26. The summed E-state index contributed by atoms with van der Waals surface area (Å²) in [6.45, 7) is 5.67. The van der Waals surface area contributed by atoms with Gasteiger partial charge in [-0.05, 0) is 20.4 Å². The third-order valence-electron chi connectivity index (χ3n) is 2.48. The van der Waals surface area contributed by atoms with E-state index in [1.54, 1.807) is 0 Å². The average molecular weight is 128 g/mol. The van der Waals surface area contributed by atoms with Gasteiger partial charge in [-0.3, -0.25) is 0 Å². The van der Waals surface area contributed by atoms with Gasteiger partial charge in [-0.15, -0.1) is 0 Å². The molecular weight excluding hydrogens is 112 g/mol. The molecule has 54 valence electrons. The molecule has 1 rings (SSSR count). The second kappa shape index (κ2) is 2.27. The van der Waals surface area contributed by atoms with E-state index in [9.17, 15) is 0 Å². The van der Waals surface area contributed by atoms with Crippen LogP contribution < -0.4 is 10.6 Å². The molecule has 1 fully saturated rings. The molecule has 0 saturated carbocycles. The van der Waals surface area contributed by atoms with Crippen LogP contribution >= 0.6 is 0 Å². The maximum atomic E-state index is 3.33. The predicted octanol–water partition coefficient (Wildman–Crippen LogP) is 0.346. The maximum Gasteiger partial charge on any atom is 0.0373 e. The van der Waals surface area contributed by atoms with Crippen LogP contribution in [0.4, 0.5) is 0 Å². The number of rotatable bonds is 3. The summed E-state index contributed by atoms with van der Waals surface area (Å²) in [5.41, 5.74) is 0.333. The Balaban J connectivity index is 2.43. The first-order valence-electron chi connectivity index (χ1n) is 3.65. The van der Waals surface area contributed by atoms with Crippen LogP contribution in [0.25, 0.3) is 0 Å². The standard InChI is InChI=1S/C7H16N2/c1-4-7(2,8-3)6-5-9-6/h6,8-9H,4-5H2,1-3H3. The molecule has 0 aromatic heterocycles. The molecule has 0 amide bonds. The zero-order valence-corrected chi connectivity index (χ0v) is 6.49. The molecule has 1 heterocycles. The molecular formula is C7H16N2. The molecule has 2 heteroatoms. The van der Waals surface area contributed by atoms with Crippen molar-refractivity contribution in [2.45, 2.75) is 31.8 Å². The molecule has 0 aliphatic carbocycles. The predicted molar refractivity (Wildman–Crippen MR) is 39.5 cm³/mol. The van der Waals surface area contributed by atoms with Crippen LogP contribution in [-0.4, -0.2) is 25.2 Å². The van der Waals surface area contributed by atoms with E-state index < -0.39 is 0 Å². The monoisotopic (exact) mass is 128 g/mol. The van der Waals surface area contributed by atoms with E-state index in [4.69, 9.17) is 0 Å². The Hall–Kier alpha value is -0.0800. The van der Waals surface area contributed by atoms with Gasteiger partial charge in [0.25, 0.3) is 0 Å². The zero-order valence-electron chi connectivity index (χ0n) is 6.49. The first kappa shape index (κ1) is 7.03. The van der Waals surface area contributed by atoms with Gasteiger partial charge < -0.3 is 10.6 Å². The molecule has 1 aliphatic heterocycles. The normalized spacial score (nSPS) is 31.7. The van der Waals surface area contributed by atoms with Crippen LogP contribution in [0.15, 0.2) is 0 Å². The fourth-order valence-corrected chi connectivity index (χ4v) is 1.11. The highest BCUT2D eigenvalue weighted by Gasteiger charge is 2.38. The summed E-state index contributed by atoms with van der Waals surface area (Å²) in [7, 11) is 2.03. The summed E-state index contributed by atoms with van der Waals surface area (Å²) in [4.78, 5) is 0. The van der Waals surface area contributed by atoms with Crippen LogP contribution in [0.1, 0.15) is 20.3 Å². The Morgan fingerprint density at radius 2 is 2.33 bits per heavy atom. The van der Waals surface area contributed by atoms with Gasteiger partial charge in [0.2, 0.25) is 0 Å². The third kappa shape index (κ3) is 1.25. The second-order valence-corrected chi connectivity index (χ2v) is 2.98. The van der Waals surface area contributed by atoms with Crippen molar-refractivity contribution in [3.05, 3.63) is 0 Å². The fourth-order valence-electron chi connectivity index (χ4n) is 1.11. The van der Waals surface area contributed by atoms with E-state index in [0.29, 0.717) is 11.6 Å². The minimum atomic E-state index is 0.333. The molecule has 0 aromatic rings. The number of hydrogen-bond donors (Lipinski definition) is 2. The van der Waals surface area contributed by atoms with Crippen molar-refractivity contribution in [1.29, 1.82) is 0 Å². The Morgan fingerprint density at radius 3 is 2.44 bits per heavy atom. The summed E-state index contributed by atoms with van der Waals surface area (Å²) in [5.74, 6) is 0. The summed E-state index contributed by atoms with van der Waals surface area (Å²) in [6.07, 6.45) is 1.20. The van der Waals surface area contributed by atoms with Crippen molar-refractivity contribution in [2.75, 3.05) is 13.6 Å². The molecule has 0 spiro atoms. The summed E-state index contributed by atoms with van der Waals surface area (Å²) in [5, 5.41) is 6.64. The van der Waals surface area contributed by atoms with Crippen molar-refractivity contribution in [1.82, 2.24) is 10.6 Å². The van der Waals surface area contributed by atoms with Crippen molar-refractivity contribution in [2.24, 2.45) is 0 Å². The highest BCUT2D eigenvalue weighted by atomic mass is 15.2. The van der Waals surface area contributed by atoms with E-state index in [1.807, 2.05) is 7.05 Å². The lowest BCUT2D eigenvalue weighted by Crippen LogP contribution is -2.45. The second-order valence-electron chi connectivity index (χ2n) is 2.98. The van der Waals surface area contributed by atoms with Crippen LogP contribution in [0, 0.1) is 0 Å². The Labute approximate surface area is 57.0 Å². The Bertz CT molecular complexity index is 93.1. The Morgan fingerprint density at radius 1 is 1.78 bits per heavy atom. The molecule has 2 atom stereocenters. The molecule has 1 saturated heterocycles. The quantitative estimate of drug-likeness (QED) is 0.538. The lowest BCUT2D eigenvalue weighted by molar-refractivity contribution is 0.364. The van der Waals surface area contributed by atoms with Gasteiger partial charge in [-0.25, -0.2) is 0 Å². The molecule has 2 N–H and O–H groups in total. The number of nitrogens with one attached hydrogen (secondary N) is 2. The van der Waals surface area contributed by atoms with Gasteiger partial charge >= 0.3 is 0 Å². The van der Waals surface area contributed by atoms with E-state index >= 15 is 0 Å². The summed E-state index contributed by atoms with van der Waals surface area (Å²) >= 11 is 0. The van der Waals surface area contributed by atoms with Crippen molar-refractivity contribution in [3.8, 4) is 0 Å². The van der Waals surface area contributed by atoms with E-state index in [2.05, 4.69) is 24.5 Å². The van der Waals surface area contributed by atoms with Crippen LogP contribution in [0.5, 0.6) is 0 Å².